The smallest absolute Gasteiger partial charge is 0.466 e. The second kappa shape index (κ2) is 6.73. The van der Waals surface area contributed by atoms with Crippen LogP contribution in [0.4, 0.5) is 0 Å². The van der Waals surface area contributed by atoms with Gasteiger partial charge in [-0.3, -0.25) is 9.69 Å². The van der Waals surface area contributed by atoms with Crippen molar-refractivity contribution in [1.82, 2.24) is 4.90 Å². The van der Waals surface area contributed by atoms with Crippen molar-refractivity contribution in [1.29, 1.82) is 0 Å². The van der Waals surface area contributed by atoms with E-state index in [0.717, 1.165) is 26.1 Å². The Morgan fingerprint density at radius 2 is 1.95 bits per heavy atom. The van der Waals surface area contributed by atoms with Crippen LogP contribution in [0.1, 0.15) is 47.5 Å². The van der Waals surface area contributed by atoms with Crippen LogP contribution < -0.4 is 0 Å². The van der Waals surface area contributed by atoms with Crippen LogP contribution in [0.5, 0.6) is 0 Å². The molecule has 2 rings (SSSR count). The summed E-state index contributed by atoms with van der Waals surface area (Å²) in [7, 11) is -0.239. The van der Waals surface area contributed by atoms with E-state index in [4.69, 9.17) is 14.0 Å². The number of hydrogen-bond donors (Lipinski definition) is 0. The van der Waals surface area contributed by atoms with Crippen molar-refractivity contribution in [3.05, 3.63) is 11.5 Å². The summed E-state index contributed by atoms with van der Waals surface area (Å²) < 4.78 is 17.1. The van der Waals surface area contributed by atoms with Crippen LogP contribution in [0.15, 0.2) is 11.5 Å². The second-order valence-electron chi connectivity index (χ2n) is 6.97. The van der Waals surface area contributed by atoms with Gasteiger partial charge in [0.1, 0.15) is 0 Å². The summed E-state index contributed by atoms with van der Waals surface area (Å²) in [5, 5.41) is 0. The van der Waals surface area contributed by atoms with Gasteiger partial charge in [0.15, 0.2) is 0 Å². The van der Waals surface area contributed by atoms with Crippen molar-refractivity contribution in [3.8, 4) is 0 Å². The number of hydrogen-bond acceptors (Lipinski definition) is 5. The minimum atomic E-state index is -0.292. The molecule has 0 aromatic carbocycles. The molecule has 0 spiro atoms. The zero-order chi connectivity index (χ0) is 16.4. The van der Waals surface area contributed by atoms with Gasteiger partial charge < -0.3 is 14.0 Å². The first kappa shape index (κ1) is 17.5. The highest BCUT2D eigenvalue weighted by Crippen LogP contribution is 2.39. The molecule has 1 fully saturated rings. The summed E-state index contributed by atoms with van der Waals surface area (Å²) in [5.74, 6) is -0.122. The minimum Gasteiger partial charge on any atom is -0.466 e. The van der Waals surface area contributed by atoms with Crippen molar-refractivity contribution in [2.75, 3.05) is 26.2 Å². The summed E-state index contributed by atoms with van der Waals surface area (Å²) in [6, 6.07) is 0. The van der Waals surface area contributed by atoms with Crippen LogP contribution in [0.25, 0.3) is 0 Å². The lowest BCUT2D eigenvalue weighted by Crippen LogP contribution is -2.41. The predicted octanol–water partition coefficient (Wildman–Crippen LogP) is 2.20. The van der Waals surface area contributed by atoms with Gasteiger partial charge in [0, 0.05) is 19.6 Å². The number of rotatable bonds is 5. The Kier molecular flexibility index (Phi) is 5.35. The Balaban J connectivity index is 1.84. The lowest BCUT2D eigenvalue weighted by atomic mass is 9.75. The van der Waals surface area contributed by atoms with E-state index < -0.39 is 0 Å². The molecule has 0 aromatic rings. The molecule has 124 valence electrons. The van der Waals surface area contributed by atoms with E-state index in [1.165, 1.54) is 5.47 Å². The molecule has 5 nitrogen and oxygen atoms in total. The van der Waals surface area contributed by atoms with Crippen LogP contribution in [0.3, 0.4) is 0 Å². The van der Waals surface area contributed by atoms with E-state index >= 15 is 0 Å². The summed E-state index contributed by atoms with van der Waals surface area (Å²) >= 11 is 0. The highest BCUT2D eigenvalue weighted by atomic mass is 16.7. The normalized spacial score (nSPS) is 24.2. The largest absolute Gasteiger partial charge is 0.490 e. The number of carbonyl (C=O) groups excluding carboxylic acids is 1. The zero-order valence-corrected chi connectivity index (χ0v) is 14.5. The van der Waals surface area contributed by atoms with E-state index in [-0.39, 0.29) is 24.3 Å². The third-order valence-electron chi connectivity index (χ3n) is 4.82. The first-order valence-corrected chi connectivity index (χ1v) is 8.18. The monoisotopic (exact) mass is 309 g/mol. The van der Waals surface area contributed by atoms with Gasteiger partial charge in [0.25, 0.3) is 0 Å². The van der Waals surface area contributed by atoms with Crippen molar-refractivity contribution in [2.45, 2.75) is 58.7 Å². The van der Waals surface area contributed by atoms with Crippen molar-refractivity contribution >= 4 is 13.1 Å². The van der Waals surface area contributed by atoms with Crippen LogP contribution in [0.2, 0.25) is 0 Å². The molecule has 2 aliphatic rings. The van der Waals surface area contributed by atoms with E-state index in [9.17, 15) is 4.79 Å². The first-order valence-electron chi connectivity index (χ1n) is 8.18. The molecule has 2 heterocycles. The molecule has 0 saturated carbocycles. The van der Waals surface area contributed by atoms with Gasteiger partial charge in [-0.1, -0.05) is 6.08 Å². The van der Waals surface area contributed by atoms with Crippen LogP contribution in [0, 0.1) is 0 Å². The average molecular weight is 309 g/mol. The van der Waals surface area contributed by atoms with Crippen LogP contribution >= 0.6 is 0 Å². The highest BCUT2D eigenvalue weighted by molar-refractivity contribution is 6.54. The van der Waals surface area contributed by atoms with Crippen molar-refractivity contribution in [2.24, 2.45) is 0 Å². The molecule has 6 heteroatoms. The fourth-order valence-electron chi connectivity index (χ4n) is 2.62. The molecular weight excluding hydrogens is 281 g/mol. The zero-order valence-electron chi connectivity index (χ0n) is 14.5. The molecule has 0 amide bonds. The molecule has 1 saturated heterocycles. The summed E-state index contributed by atoms with van der Waals surface area (Å²) in [6.07, 6.45) is 3.55. The molecule has 0 N–H and O–H groups in total. The van der Waals surface area contributed by atoms with Gasteiger partial charge in [0.2, 0.25) is 0 Å². The van der Waals surface area contributed by atoms with E-state index in [2.05, 4.69) is 38.7 Å². The molecule has 0 atom stereocenters. The summed E-state index contributed by atoms with van der Waals surface area (Å²) in [4.78, 5) is 13.7. The number of nitrogens with zero attached hydrogens (tertiary/aromatic N) is 1. The first-order chi connectivity index (χ1) is 10.2. The Morgan fingerprint density at radius 1 is 1.32 bits per heavy atom. The second-order valence-corrected chi connectivity index (χ2v) is 6.97. The van der Waals surface area contributed by atoms with Gasteiger partial charge in [0.05, 0.1) is 24.2 Å². The standard InChI is InChI=1S/C16H28BNO4/c1-6-20-14(19)9-12-18-10-7-13(8-11-18)17-21-15(2,3)16(4,5)22-17/h7H,6,8-12H2,1-5H3. The van der Waals surface area contributed by atoms with Gasteiger partial charge in [-0.05, 0) is 46.5 Å². The van der Waals surface area contributed by atoms with Crippen molar-refractivity contribution < 1.29 is 18.8 Å². The van der Waals surface area contributed by atoms with Gasteiger partial charge in [-0.2, -0.15) is 0 Å². The number of ether oxygens (including phenoxy) is 1. The van der Waals surface area contributed by atoms with E-state index in [1.54, 1.807) is 0 Å². The summed E-state index contributed by atoms with van der Waals surface area (Å²) in [6.45, 7) is 13.1. The Labute approximate surface area is 134 Å². The molecule has 0 radical (unpaired) electrons. The topological polar surface area (TPSA) is 48.0 Å². The lowest BCUT2D eigenvalue weighted by Gasteiger charge is -2.32. The quantitative estimate of drug-likeness (QED) is 0.575. The Bertz CT molecular complexity index is 431. The fraction of sp³-hybridized carbons (Fsp3) is 0.812. The average Bonchev–Trinajstić information content (AvgIpc) is 2.66. The van der Waals surface area contributed by atoms with E-state index in [0.29, 0.717) is 13.0 Å². The molecule has 2 aliphatic heterocycles. The maximum atomic E-state index is 11.4. The van der Waals surface area contributed by atoms with E-state index in [1.807, 2.05) is 6.92 Å². The SMILES string of the molecule is CCOC(=O)CCN1CC=C(B2OC(C)(C)C(C)(C)O2)CC1. The third kappa shape index (κ3) is 3.92. The van der Waals surface area contributed by atoms with Gasteiger partial charge in [-0.15, -0.1) is 0 Å². The Morgan fingerprint density at radius 3 is 2.45 bits per heavy atom. The Hall–Kier alpha value is -0.845. The van der Waals surface area contributed by atoms with Crippen molar-refractivity contribution in [3.63, 3.8) is 0 Å². The number of esters is 1. The van der Waals surface area contributed by atoms with Gasteiger partial charge in [-0.25, -0.2) is 0 Å². The molecule has 0 aromatic heterocycles. The molecule has 22 heavy (non-hydrogen) atoms. The minimum absolute atomic E-state index is 0.122. The van der Waals surface area contributed by atoms with Crippen LogP contribution in [-0.2, 0) is 18.8 Å². The van der Waals surface area contributed by atoms with Crippen LogP contribution in [-0.4, -0.2) is 55.4 Å². The lowest BCUT2D eigenvalue weighted by molar-refractivity contribution is -0.143. The molecule has 0 unspecified atom stereocenters. The summed E-state index contributed by atoms with van der Waals surface area (Å²) in [5.41, 5.74) is 0.630. The fourth-order valence-corrected chi connectivity index (χ4v) is 2.62. The maximum absolute atomic E-state index is 11.4. The molecule has 0 bridgehead atoms. The third-order valence-corrected chi connectivity index (χ3v) is 4.82. The predicted molar refractivity (Wildman–Crippen MR) is 86.5 cm³/mol. The number of carbonyl (C=O) groups is 1. The maximum Gasteiger partial charge on any atom is 0.490 e. The molecular formula is C16H28BNO4. The van der Waals surface area contributed by atoms with Gasteiger partial charge >= 0.3 is 13.1 Å². The highest BCUT2D eigenvalue weighted by Gasteiger charge is 2.52. The molecule has 0 aliphatic carbocycles.